The highest BCUT2D eigenvalue weighted by Gasteiger charge is 2.07. The van der Waals surface area contributed by atoms with Gasteiger partial charge >= 0.3 is 5.97 Å². The summed E-state index contributed by atoms with van der Waals surface area (Å²) in [7, 11) is 1.89. The number of hydrogen-bond donors (Lipinski definition) is 3. The van der Waals surface area contributed by atoms with E-state index in [0.717, 1.165) is 22.5 Å². The van der Waals surface area contributed by atoms with Crippen molar-refractivity contribution in [3.8, 4) is 11.4 Å². The Morgan fingerprint density at radius 2 is 2.07 bits per heavy atom. The van der Waals surface area contributed by atoms with E-state index in [9.17, 15) is 4.79 Å². The second-order valence-electron chi connectivity index (χ2n) is 6.58. The molecule has 0 aliphatic rings. The smallest absolute Gasteiger partial charge is 0.304 e. The zero-order valence-corrected chi connectivity index (χ0v) is 16.1. The van der Waals surface area contributed by atoms with Crippen LogP contribution in [-0.4, -0.2) is 49.5 Å². The van der Waals surface area contributed by atoms with Crippen LogP contribution in [0.15, 0.2) is 48.9 Å². The summed E-state index contributed by atoms with van der Waals surface area (Å²) in [6, 6.07) is 11.5. The van der Waals surface area contributed by atoms with E-state index in [1.54, 1.807) is 6.20 Å². The quantitative estimate of drug-likeness (QED) is 0.500. The van der Waals surface area contributed by atoms with Crippen LogP contribution in [0.25, 0.3) is 11.4 Å². The fraction of sp³-hybridized carbons (Fsp3) is 0.250. The van der Waals surface area contributed by atoms with Gasteiger partial charge in [0.2, 0.25) is 5.95 Å². The second kappa shape index (κ2) is 9.67. The summed E-state index contributed by atoms with van der Waals surface area (Å²) in [6.07, 6.45) is 3.25. The van der Waals surface area contributed by atoms with E-state index in [1.165, 1.54) is 6.33 Å². The summed E-state index contributed by atoms with van der Waals surface area (Å²) in [5.41, 5.74) is 9.12. The van der Waals surface area contributed by atoms with Crippen molar-refractivity contribution >= 4 is 17.6 Å². The van der Waals surface area contributed by atoms with Crippen molar-refractivity contribution in [1.29, 1.82) is 0 Å². The first-order valence-corrected chi connectivity index (χ1v) is 9.14. The number of rotatable bonds is 9. The molecule has 9 nitrogen and oxygen atoms in total. The maximum atomic E-state index is 10.7. The molecule has 3 aromatic rings. The predicted molar refractivity (Wildman–Crippen MR) is 109 cm³/mol. The van der Waals surface area contributed by atoms with Crippen molar-refractivity contribution < 1.29 is 9.90 Å². The minimum atomic E-state index is -0.800. The third kappa shape index (κ3) is 6.03. The number of carbonyl (C=O) groups is 1. The molecule has 150 valence electrons. The molecule has 0 aliphatic heterocycles. The summed E-state index contributed by atoms with van der Waals surface area (Å²) in [5, 5.41) is 12.0. The Labute approximate surface area is 168 Å². The summed E-state index contributed by atoms with van der Waals surface area (Å²) in [5.74, 6) is 0.160. The molecular formula is C20H23N7O2. The molecule has 0 saturated heterocycles. The first kappa shape index (κ1) is 20.3. The van der Waals surface area contributed by atoms with E-state index in [-0.39, 0.29) is 6.42 Å². The van der Waals surface area contributed by atoms with Crippen LogP contribution >= 0.6 is 0 Å². The van der Waals surface area contributed by atoms with Gasteiger partial charge in [0.15, 0.2) is 5.82 Å². The SMILES string of the molecule is CN(CCC(=O)O)Cc1cccc(Nc2ncnc(-c3ccnc(CN)c3)n2)c1. The van der Waals surface area contributed by atoms with Gasteiger partial charge in [0, 0.05) is 37.1 Å². The van der Waals surface area contributed by atoms with Crippen molar-refractivity contribution in [2.45, 2.75) is 19.5 Å². The van der Waals surface area contributed by atoms with E-state index >= 15 is 0 Å². The third-order valence-electron chi connectivity index (χ3n) is 4.20. The Bertz CT molecular complexity index is 980. The first-order valence-electron chi connectivity index (χ1n) is 9.14. The van der Waals surface area contributed by atoms with Gasteiger partial charge in [0.05, 0.1) is 12.1 Å². The summed E-state index contributed by atoms with van der Waals surface area (Å²) < 4.78 is 0. The van der Waals surface area contributed by atoms with Crippen LogP contribution in [-0.2, 0) is 17.9 Å². The maximum absolute atomic E-state index is 10.7. The minimum Gasteiger partial charge on any atom is -0.481 e. The van der Waals surface area contributed by atoms with Gasteiger partial charge in [-0.15, -0.1) is 0 Å². The van der Waals surface area contributed by atoms with Crippen LogP contribution in [0.2, 0.25) is 0 Å². The molecule has 4 N–H and O–H groups in total. The van der Waals surface area contributed by atoms with E-state index in [2.05, 4.69) is 25.3 Å². The average Bonchev–Trinajstić information content (AvgIpc) is 2.73. The summed E-state index contributed by atoms with van der Waals surface area (Å²) in [6.45, 7) is 1.47. The molecular weight excluding hydrogens is 370 g/mol. The number of nitrogens with zero attached hydrogens (tertiary/aromatic N) is 5. The summed E-state index contributed by atoms with van der Waals surface area (Å²) in [4.78, 5) is 29.8. The Kier molecular flexibility index (Phi) is 6.77. The lowest BCUT2D eigenvalue weighted by molar-refractivity contribution is -0.137. The topological polar surface area (TPSA) is 130 Å². The largest absolute Gasteiger partial charge is 0.481 e. The zero-order valence-electron chi connectivity index (χ0n) is 16.1. The lowest BCUT2D eigenvalue weighted by atomic mass is 10.2. The second-order valence-corrected chi connectivity index (χ2v) is 6.58. The lowest BCUT2D eigenvalue weighted by Crippen LogP contribution is -2.21. The van der Waals surface area contributed by atoms with Crippen LogP contribution < -0.4 is 11.1 Å². The number of nitrogens with one attached hydrogen (secondary N) is 1. The Hall–Kier alpha value is -3.43. The Morgan fingerprint density at radius 3 is 2.86 bits per heavy atom. The number of benzene rings is 1. The monoisotopic (exact) mass is 393 g/mol. The molecule has 1 aromatic carbocycles. The van der Waals surface area contributed by atoms with E-state index < -0.39 is 5.97 Å². The molecule has 2 heterocycles. The fourth-order valence-corrected chi connectivity index (χ4v) is 2.78. The van der Waals surface area contributed by atoms with Crippen LogP contribution in [0.4, 0.5) is 11.6 Å². The van der Waals surface area contributed by atoms with Gasteiger partial charge in [0.1, 0.15) is 6.33 Å². The average molecular weight is 393 g/mol. The molecule has 0 atom stereocenters. The molecule has 0 fully saturated rings. The number of pyridine rings is 1. The highest BCUT2D eigenvalue weighted by Crippen LogP contribution is 2.19. The molecule has 0 aliphatic carbocycles. The van der Waals surface area contributed by atoms with Gasteiger partial charge in [-0.2, -0.15) is 4.98 Å². The molecule has 0 unspecified atom stereocenters. The van der Waals surface area contributed by atoms with Crippen molar-refractivity contribution in [2.24, 2.45) is 5.73 Å². The standard InChI is InChI=1S/C20H23N7O2/c1-27(8-6-18(28)29)12-14-3-2-4-16(9-14)25-20-24-13-23-19(26-20)15-5-7-22-17(10-15)11-21/h2-5,7,9-10,13H,6,8,11-12,21H2,1H3,(H,28,29)(H,23,24,25,26). The molecule has 2 aromatic heterocycles. The first-order chi connectivity index (χ1) is 14.0. The van der Waals surface area contributed by atoms with Gasteiger partial charge in [-0.3, -0.25) is 9.78 Å². The number of carboxylic acid groups (broad SMARTS) is 1. The zero-order chi connectivity index (χ0) is 20.6. The van der Waals surface area contributed by atoms with Gasteiger partial charge in [-0.05, 0) is 36.9 Å². The van der Waals surface area contributed by atoms with E-state index in [0.29, 0.717) is 31.4 Å². The highest BCUT2D eigenvalue weighted by atomic mass is 16.4. The fourth-order valence-electron chi connectivity index (χ4n) is 2.78. The normalized spacial score (nSPS) is 10.9. The summed E-state index contributed by atoms with van der Waals surface area (Å²) >= 11 is 0. The van der Waals surface area contributed by atoms with Gasteiger partial charge in [-0.1, -0.05) is 12.1 Å². The molecule has 0 radical (unpaired) electrons. The molecule has 0 amide bonds. The number of hydrogen-bond acceptors (Lipinski definition) is 8. The number of aromatic nitrogens is 4. The number of anilines is 2. The molecule has 0 bridgehead atoms. The number of nitrogens with two attached hydrogens (primary N) is 1. The lowest BCUT2D eigenvalue weighted by Gasteiger charge is -2.16. The molecule has 0 spiro atoms. The van der Waals surface area contributed by atoms with E-state index in [4.69, 9.17) is 10.8 Å². The predicted octanol–water partition coefficient (Wildman–Crippen LogP) is 2.04. The minimum absolute atomic E-state index is 0.114. The highest BCUT2D eigenvalue weighted by molar-refractivity contribution is 5.66. The van der Waals surface area contributed by atoms with Crippen LogP contribution in [0.5, 0.6) is 0 Å². The van der Waals surface area contributed by atoms with Crippen LogP contribution in [0.3, 0.4) is 0 Å². The van der Waals surface area contributed by atoms with Crippen molar-refractivity contribution in [3.63, 3.8) is 0 Å². The molecule has 9 heteroatoms. The van der Waals surface area contributed by atoms with E-state index in [1.807, 2.05) is 48.3 Å². The van der Waals surface area contributed by atoms with Crippen molar-refractivity contribution in [2.75, 3.05) is 18.9 Å². The van der Waals surface area contributed by atoms with Crippen LogP contribution in [0.1, 0.15) is 17.7 Å². The Morgan fingerprint density at radius 1 is 1.21 bits per heavy atom. The van der Waals surface area contributed by atoms with Gasteiger partial charge in [0.25, 0.3) is 0 Å². The van der Waals surface area contributed by atoms with Crippen molar-refractivity contribution in [3.05, 3.63) is 60.2 Å². The van der Waals surface area contributed by atoms with Gasteiger partial charge < -0.3 is 21.1 Å². The number of aliphatic carboxylic acids is 1. The van der Waals surface area contributed by atoms with Crippen LogP contribution in [0, 0.1) is 0 Å². The number of carboxylic acids is 1. The molecule has 3 rings (SSSR count). The third-order valence-corrected chi connectivity index (χ3v) is 4.20. The molecule has 0 saturated carbocycles. The Balaban J connectivity index is 1.71. The van der Waals surface area contributed by atoms with Gasteiger partial charge in [-0.25, -0.2) is 9.97 Å². The maximum Gasteiger partial charge on any atom is 0.304 e. The molecule has 29 heavy (non-hydrogen) atoms. The van der Waals surface area contributed by atoms with Crippen molar-refractivity contribution in [1.82, 2.24) is 24.8 Å².